The van der Waals surface area contributed by atoms with Crippen molar-refractivity contribution in [2.75, 3.05) is 44.2 Å². The second-order valence-electron chi connectivity index (χ2n) is 8.26. The molecule has 0 saturated carbocycles. The van der Waals surface area contributed by atoms with Crippen molar-refractivity contribution in [3.8, 4) is 6.07 Å². The maximum atomic E-state index is 12.9. The van der Waals surface area contributed by atoms with Crippen LogP contribution in [0.15, 0.2) is 47.5 Å². The number of nitrogens with zero attached hydrogens (tertiary/aromatic N) is 5. The molecule has 9 nitrogen and oxygen atoms in total. The monoisotopic (exact) mass is 468 g/mol. The van der Waals surface area contributed by atoms with E-state index < -0.39 is 10.0 Å². The van der Waals surface area contributed by atoms with Gasteiger partial charge in [0, 0.05) is 52.0 Å². The van der Waals surface area contributed by atoms with Gasteiger partial charge in [-0.25, -0.2) is 18.2 Å². The molecule has 0 radical (unpaired) electrons. The number of amides is 2. The molecule has 0 unspecified atom stereocenters. The van der Waals surface area contributed by atoms with Crippen LogP contribution in [0.3, 0.4) is 0 Å². The van der Waals surface area contributed by atoms with Gasteiger partial charge < -0.3 is 15.1 Å². The Hall–Kier alpha value is -3.16. The molecule has 0 aliphatic carbocycles. The smallest absolute Gasteiger partial charge is 0.317 e. The molecule has 10 heteroatoms. The van der Waals surface area contributed by atoms with Crippen molar-refractivity contribution in [3.05, 3.63) is 53.7 Å². The van der Waals surface area contributed by atoms with Gasteiger partial charge in [-0.2, -0.15) is 9.57 Å². The Kier molecular flexibility index (Phi) is 7.11. The molecule has 0 spiro atoms. The Balaban J connectivity index is 1.29. The first-order valence-electron chi connectivity index (χ1n) is 11.2. The van der Waals surface area contributed by atoms with Crippen molar-refractivity contribution in [2.24, 2.45) is 0 Å². The van der Waals surface area contributed by atoms with E-state index >= 15 is 0 Å². The average molecular weight is 469 g/mol. The number of carbonyl (C=O) groups excluding carboxylic acids is 1. The minimum atomic E-state index is -3.65. The van der Waals surface area contributed by atoms with E-state index in [2.05, 4.69) is 15.2 Å². The second kappa shape index (κ2) is 10.2. The summed E-state index contributed by atoms with van der Waals surface area (Å²) in [6.07, 6.45) is 5.39. The molecule has 0 atom stereocenters. The standard InChI is InChI=1S/C23H28N6O3S/c24-17-19-4-6-21(7-5-19)33(31,32)29-14-12-28(13-15-29)23(30)26-18-20-8-9-25-22(16-20)27-10-2-1-3-11-27/h4-9,16H,1-3,10-15,18H2,(H,26,30). The van der Waals surface area contributed by atoms with Crippen LogP contribution in [0.1, 0.15) is 30.4 Å². The van der Waals surface area contributed by atoms with Crippen molar-refractivity contribution >= 4 is 21.9 Å². The van der Waals surface area contributed by atoms with Crippen LogP contribution in [0.2, 0.25) is 0 Å². The van der Waals surface area contributed by atoms with Crippen LogP contribution >= 0.6 is 0 Å². The van der Waals surface area contributed by atoms with Crippen molar-refractivity contribution in [1.82, 2.24) is 19.5 Å². The summed E-state index contributed by atoms with van der Waals surface area (Å²) in [5, 5.41) is 11.8. The number of benzene rings is 1. The number of sulfonamides is 1. The summed E-state index contributed by atoms with van der Waals surface area (Å²) in [6, 6.07) is 11.6. The number of piperazine rings is 1. The highest BCUT2D eigenvalue weighted by Crippen LogP contribution is 2.20. The third-order valence-electron chi connectivity index (χ3n) is 6.08. The van der Waals surface area contributed by atoms with Gasteiger partial charge in [0.15, 0.2) is 0 Å². The van der Waals surface area contributed by atoms with Crippen molar-refractivity contribution in [2.45, 2.75) is 30.7 Å². The van der Waals surface area contributed by atoms with Crippen molar-refractivity contribution in [3.63, 3.8) is 0 Å². The molecular formula is C23H28N6O3S. The predicted molar refractivity (Wildman–Crippen MR) is 124 cm³/mol. The molecule has 2 aliphatic rings. The molecule has 1 aromatic carbocycles. The van der Waals surface area contributed by atoms with E-state index in [1.807, 2.05) is 18.2 Å². The van der Waals surface area contributed by atoms with E-state index in [1.165, 1.54) is 47.8 Å². The number of carbonyl (C=O) groups is 1. The zero-order chi connectivity index (χ0) is 23.3. The van der Waals surface area contributed by atoms with Gasteiger partial charge in [-0.3, -0.25) is 0 Å². The van der Waals surface area contributed by atoms with Gasteiger partial charge in [-0.05, 0) is 61.2 Å². The number of nitrogens with one attached hydrogen (secondary N) is 1. The van der Waals surface area contributed by atoms with Gasteiger partial charge in [0.25, 0.3) is 0 Å². The van der Waals surface area contributed by atoms with Crippen LogP contribution in [0.5, 0.6) is 0 Å². The SMILES string of the molecule is N#Cc1ccc(S(=O)(=O)N2CCN(C(=O)NCc3ccnc(N4CCCCC4)c3)CC2)cc1. The van der Waals surface area contributed by atoms with Gasteiger partial charge >= 0.3 is 6.03 Å². The Labute approximate surface area is 194 Å². The highest BCUT2D eigenvalue weighted by Gasteiger charge is 2.30. The molecule has 2 saturated heterocycles. The first-order valence-corrected chi connectivity index (χ1v) is 12.6. The van der Waals surface area contributed by atoms with Crippen LogP contribution in [0.4, 0.5) is 10.6 Å². The largest absolute Gasteiger partial charge is 0.357 e. The van der Waals surface area contributed by atoms with E-state index in [1.54, 1.807) is 11.1 Å². The lowest BCUT2D eigenvalue weighted by molar-refractivity contribution is 0.172. The molecule has 1 N–H and O–H groups in total. The van der Waals surface area contributed by atoms with Gasteiger partial charge in [-0.1, -0.05) is 0 Å². The van der Waals surface area contributed by atoms with Crippen LogP contribution < -0.4 is 10.2 Å². The minimum Gasteiger partial charge on any atom is -0.357 e. The topological polar surface area (TPSA) is 110 Å². The summed E-state index contributed by atoms with van der Waals surface area (Å²) < 4.78 is 27.1. The maximum Gasteiger partial charge on any atom is 0.317 e. The zero-order valence-corrected chi connectivity index (χ0v) is 19.3. The van der Waals surface area contributed by atoms with E-state index in [0.29, 0.717) is 25.2 Å². The zero-order valence-electron chi connectivity index (χ0n) is 18.5. The number of aromatic nitrogens is 1. The minimum absolute atomic E-state index is 0.154. The summed E-state index contributed by atoms with van der Waals surface area (Å²) >= 11 is 0. The summed E-state index contributed by atoms with van der Waals surface area (Å²) in [4.78, 5) is 21.2. The highest BCUT2D eigenvalue weighted by atomic mass is 32.2. The van der Waals surface area contributed by atoms with Crippen molar-refractivity contribution in [1.29, 1.82) is 5.26 Å². The van der Waals surface area contributed by atoms with Crippen LogP contribution in [-0.4, -0.2) is 67.9 Å². The van der Waals surface area contributed by atoms with Crippen LogP contribution in [0.25, 0.3) is 0 Å². The molecule has 4 rings (SSSR count). The van der Waals surface area contributed by atoms with E-state index in [0.717, 1.165) is 24.5 Å². The molecule has 2 fully saturated rings. The number of hydrogen-bond acceptors (Lipinski definition) is 6. The average Bonchev–Trinajstić information content (AvgIpc) is 2.88. The van der Waals surface area contributed by atoms with Gasteiger partial charge in [0.2, 0.25) is 10.0 Å². The highest BCUT2D eigenvalue weighted by molar-refractivity contribution is 7.89. The molecule has 3 heterocycles. The maximum absolute atomic E-state index is 12.9. The van der Waals surface area contributed by atoms with Crippen molar-refractivity contribution < 1.29 is 13.2 Å². The fourth-order valence-corrected chi connectivity index (χ4v) is 5.56. The lowest BCUT2D eigenvalue weighted by Gasteiger charge is -2.34. The number of pyridine rings is 1. The summed E-state index contributed by atoms with van der Waals surface area (Å²) in [7, 11) is -3.65. The van der Waals surface area contributed by atoms with E-state index in [4.69, 9.17) is 5.26 Å². The first-order chi connectivity index (χ1) is 16.0. The fraction of sp³-hybridized carbons (Fsp3) is 0.435. The Morgan fingerprint density at radius 2 is 1.70 bits per heavy atom. The molecular weight excluding hydrogens is 440 g/mol. The predicted octanol–water partition coefficient (Wildman–Crippen LogP) is 2.16. The number of rotatable bonds is 5. The number of nitriles is 1. The quantitative estimate of drug-likeness (QED) is 0.720. The number of hydrogen-bond donors (Lipinski definition) is 1. The first kappa shape index (κ1) is 23.0. The van der Waals surface area contributed by atoms with Crippen LogP contribution in [0, 0.1) is 11.3 Å². The summed E-state index contributed by atoms with van der Waals surface area (Å²) in [6.45, 7) is 3.50. The van der Waals surface area contributed by atoms with E-state index in [-0.39, 0.29) is 24.0 Å². The van der Waals surface area contributed by atoms with E-state index in [9.17, 15) is 13.2 Å². The van der Waals surface area contributed by atoms with Gasteiger partial charge in [0.05, 0.1) is 16.5 Å². The number of piperidine rings is 1. The van der Waals surface area contributed by atoms with Gasteiger partial charge in [-0.15, -0.1) is 0 Å². The molecule has 174 valence electrons. The van der Waals surface area contributed by atoms with Crippen LogP contribution in [-0.2, 0) is 16.6 Å². The number of urea groups is 1. The Morgan fingerprint density at radius 1 is 1.00 bits per heavy atom. The Morgan fingerprint density at radius 3 is 2.36 bits per heavy atom. The molecule has 33 heavy (non-hydrogen) atoms. The molecule has 2 aromatic rings. The molecule has 2 aliphatic heterocycles. The third kappa shape index (κ3) is 5.43. The molecule has 2 amide bonds. The Bertz CT molecular complexity index is 1120. The molecule has 1 aromatic heterocycles. The summed E-state index contributed by atoms with van der Waals surface area (Å²) in [5.74, 6) is 0.947. The summed E-state index contributed by atoms with van der Waals surface area (Å²) in [5.41, 5.74) is 1.40. The molecule has 0 bridgehead atoms. The second-order valence-corrected chi connectivity index (χ2v) is 10.2. The number of anilines is 1. The lowest BCUT2D eigenvalue weighted by atomic mass is 10.1. The fourth-order valence-electron chi connectivity index (χ4n) is 4.14. The lowest BCUT2D eigenvalue weighted by Crippen LogP contribution is -2.52. The normalized spacial score (nSPS) is 17.4. The third-order valence-corrected chi connectivity index (χ3v) is 7.99. The van der Waals surface area contributed by atoms with Gasteiger partial charge in [0.1, 0.15) is 5.82 Å².